The number of esters is 1. The number of hydrogen-bond donors (Lipinski definition) is 0. The molecule has 0 unspecified atom stereocenters. The van der Waals surface area contributed by atoms with Crippen molar-refractivity contribution in [3.05, 3.63) is 35.6 Å². The van der Waals surface area contributed by atoms with E-state index in [0.717, 1.165) is 11.3 Å². The number of rotatable bonds is 7. The molecular formula is C18H25FN2O3S. The van der Waals surface area contributed by atoms with Gasteiger partial charge in [-0.15, -0.1) is 11.8 Å². The van der Waals surface area contributed by atoms with Crippen LogP contribution in [0.5, 0.6) is 0 Å². The molecule has 0 N–H and O–H groups in total. The monoisotopic (exact) mass is 368 g/mol. The molecule has 0 saturated carbocycles. The molecule has 1 aromatic carbocycles. The summed E-state index contributed by atoms with van der Waals surface area (Å²) in [5.41, 5.74) is 0.917. The van der Waals surface area contributed by atoms with E-state index in [9.17, 15) is 14.0 Å². The van der Waals surface area contributed by atoms with E-state index in [1.54, 1.807) is 23.9 Å². The van der Waals surface area contributed by atoms with Gasteiger partial charge in [-0.1, -0.05) is 26.0 Å². The number of hydrogen-bond acceptors (Lipinski definition) is 5. The van der Waals surface area contributed by atoms with E-state index >= 15 is 0 Å². The van der Waals surface area contributed by atoms with Crippen LogP contribution in [0.3, 0.4) is 0 Å². The molecule has 7 heteroatoms. The lowest BCUT2D eigenvalue weighted by Crippen LogP contribution is -2.43. The highest BCUT2D eigenvalue weighted by atomic mass is 32.2. The van der Waals surface area contributed by atoms with Crippen LogP contribution >= 0.6 is 11.8 Å². The van der Waals surface area contributed by atoms with Crippen molar-refractivity contribution < 1.29 is 18.7 Å². The van der Waals surface area contributed by atoms with Gasteiger partial charge in [-0.05, 0) is 23.6 Å². The molecule has 1 atom stereocenters. The summed E-state index contributed by atoms with van der Waals surface area (Å²) in [6, 6.07) is 6.27. The van der Waals surface area contributed by atoms with Gasteiger partial charge in [-0.25, -0.2) is 4.39 Å². The highest BCUT2D eigenvalue weighted by Crippen LogP contribution is 2.37. The molecule has 0 radical (unpaired) electrons. The van der Waals surface area contributed by atoms with E-state index < -0.39 is 0 Å². The molecule has 1 amide bonds. The van der Waals surface area contributed by atoms with Gasteiger partial charge in [0.1, 0.15) is 11.2 Å². The molecule has 25 heavy (non-hydrogen) atoms. The third kappa shape index (κ3) is 5.71. The first-order valence-electron chi connectivity index (χ1n) is 8.36. The van der Waals surface area contributed by atoms with Crippen LogP contribution in [0.25, 0.3) is 0 Å². The van der Waals surface area contributed by atoms with Gasteiger partial charge >= 0.3 is 5.97 Å². The largest absolute Gasteiger partial charge is 0.468 e. The lowest BCUT2D eigenvalue weighted by Gasteiger charge is -2.28. The zero-order valence-corrected chi connectivity index (χ0v) is 15.7. The molecule has 2 rings (SSSR count). The van der Waals surface area contributed by atoms with Crippen molar-refractivity contribution in [2.45, 2.75) is 19.2 Å². The Morgan fingerprint density at radius 3 is 2.60 bits per heavy atom. The Morgan fingerprint density at radius 2 is 2.00 bits per heavy atom. The maximum atomic E-state index is 13.1. The Balaban J connectivity index is 2.05. The third-order valence-corrected chi connectivity index (χ3v) is 5.19. The summed E-state index contributed by atoms with van der Waals surface area (Å²) in [7, 11) is 1.35. The molecular weight excluding hydrogens is 343 g/mol. The summed E-state index contributed by atoms with van der Waals surface area (Å²) in [6.45, 7) is 5.65. The predicted molar refractivity (Wildman–Crippen MR) is 96.6 cm³/mol. The van der Waals surface area contributed by atoms with Gasteiger partial charge in [-0.3, -0.25) is 14.5 Å². The lowest BCUT2D eigenvalue weighted by atomic mass is 10.2. The van der Waals surface area contributed by atoms with E-state index in [0.29, 0.717) is 19.0 Å². The van der Waals surface area contributed by atoms with Crippen molar-refractivity contribution in [2.24, 2.45) is 5.92 Å². The van der Waals surface area contributed by atoms with Crippen LogP contribution in [0.2, 0.25) is 0 Å². The highest BCUT2D eigenvalue weighted by molar-refractivity contribution is 7.99. The van der Waals surface area contributed by atoms with Gasteiger partial charge in [0, 0.05) is 18.8 Å². The summed E-state index contributed by atoms with van der Waals surface area (Å²) in [6.07, 6.45) is 0. The summed E-state index contributed by atoms with van der Waals surface area (Å²) in [4.78, 5) is 28.0. The van der Waals surface area contributed by atoms with E-state index in [1.165, 1.54) is 19.2 Å². The average molecular weight is 368 g/mol. The number of benzene rings is 1. The molecule has 138 valence electrons. The van der Waals surface area contributed by atoms with Gasteiger partial charge in [-0.2, -0.15) is 0 Å². The van der Waals surface area contributed by atoms with E-state index in [2.05, 4.69) is 0 Å². The minimum Gasteiger partial charge on any atom is -0.468 e. The zero-order valence-electron chi connectivity index (χ0n) is 14.9. The summed E-state index contributed by atoms with van der Waals surface area (Å²) >= 11 is 1.67. The molecule has 0 aliphatic carbocycles. The van der Waals surface area contributed by atoms with Crippen LogP contribution in [0.1, 0.15) is 24.8 Å². The molecule has 0 aromatic heterocycles. The van der Waals surface area contributed by atoms with Gasteiger partial charge in [0.2, 0.25) is 5.91 Å². The predicted octanol–water partition coefficient (Wildman–Crippen LogP) is 2.53. The van der Waals surface area contributed by atoms with Crippen LogP contribution in [0.15, 0.2) is 24.3 Å². The first-order chi connectivity index (χ1) is 11.9. The number of ether oxygens (including phenoxy) is 1. The van der Waals surface area contributed by atoms with Crippen molar-refractivity contribution >= 4 is 23.6 Å². The van der Waals surface area contributed by atoms with E-state index in [4.69, 9.17) is 4.74 Å². The molecule has 1 aliphatic rings. The third-order valence-electron chi connectivity index (χ3n) is 3.93. The highest BCUT2D eigenvalue weighted by Gasteiger charge is 2.31. The fraction of sp³-hybridized carbons (Fsp3) is 0.556. The van der Waals surface area contributed by atoms with Crippen molar-refractivity contribution in [1.29, 1.82) is 0 Å². The number of amides is 1. The van der Waals surface area contributed by atoms with Gasteiger partial charge in [0.05, 0.1) is 20.2 Å². The minimum atomic E-state index is -0.348. The van der Waals surface area contributed by atoms with E-state index in [-0.39, 0.29) is 36.2 Å². The molecule has 1 saturated heterocycles. The van der Waals surface area contributed by atoms with Crippen LogP contribution in [-0.4, -0.2) is 60.7 Å². The van der Waals surface area contributed by atoms with Gasteiger partial charge in [0.15, 0.2) is 0 Å². The van der Waals surface area contributed by atoms with Crippen LogP contribution in [0.4, 0.5) is 4.39 Å². The minimum absolute atomic E-state index is 0.0242. The van der Waals surface area contributed by atoms with Gasteiger partial charge in [0.25, 0.3) is 0 Å². The fourth-order valence-corrected chi connectivity index (χ4v) is 4.14. The van der Waals surface area contributed by atoms with Crippen LogP contribution in [0, 0.1) is 11.7 Å². The Kier molecular flexibility index (Phi) is 7.25. The maximum Gasteiger partial charge on any atom is 0.319 e. The van der Waals surface area contributed by atoms with Gasteiger partial charge < -0.3 is 9.64 Å². The summed E-state index contributed by atoms with van der Waals surface area (Å²) < 4.78 is 17.9. The maximum absolute atomic E-state index is 13.1. The quantitative estimate of drug-likeness (QED) is 0.692. The molecule has 5 nitrogen and oxygen atoms in total. The summed E-state index contributed by atoms with van der Waals surface area (Å²) in [5, 5.41) is -0.105. The second kappa shape index (κ2) is 9.20. The van der Waals surface area contributed by atoms with Crippen molar-refractivity contribution in [3.8, 4) is 0 Å². The van der Waals surface area contributed by atoms with Crippen LogP contribution < -0.4 is 0 Å². The Bertz CT molecular complexity index is 594. The first-order valence-corrected chi connectivity index (χ1v) is 9.41. The Morgan fingerprint density at radius 1 is 1.32 bits per heavy atom. The number of carbonyl (C=O) groups is 2. The molecule has 0 bridgehead atoms. The number of methoxy groups -OCH3 is 1. The number of halogens is 1. The van der Waals surface area contributed by atoms with Crippen molar-refractivity contribution in [2.75, 3.05) is 39.0 Å². The Labute approximate surface area is 152 Å². The summed E-state index contributed by atoms with van der Waals surface area (Å²) in [5.74, 6) is 0.516. The van der Waals surface area contributed by atoms with Crippen LogP contribution in [-0.2, 0) is 14.3 Å². The smallest absolute Gasteiger partial charge is 0.319 e. The fourth-order valence-electron chi connectivity index (χ4n) is 2.86. The first kappa shape index (κ1) is 19.7. The van der Waals surface area contributed by atoms with E-state index in [1.807, 2.05) is 23.6 Å². The normalized spacial score (nSPS) is 17.4. The lowest BCUT2D eigenvalue weighted by molar-refractivity contribution is -0.143. The molecule has 1 heterocycles. The number of thioether (sulfide) groups is 1. The van der Waals surface area contributed by atoms with Crippen molar-refractivity contribution in [1.82, 2.24) is 9.80 Å². The molecule has 1 fully saturated rings. The molecule has 0 spiro atoms. The standard InChI is InChI=1S/C18H25FN2O3S/c1-13(2)10-20(12-17(23)24-3)11-16(22)21-8-9-25-18(21)14-4-6-15(19)7-5-14/h4-7,13,18H,8-12H2,1-3H3/t18-/m0/s1. The van der Waals surface area contributed by atoms with Crippen molar-refractivity contribution in [3.63, 3.8) is 0 Å². The number of carbonyl (C=O) groups excluding carboxylic acids is 2. The molecule has 1 aliphatic heterocycles. The Hall–Kier alpha value is -1.60. The average Bonchev–Trinajstić information content (AvgIpc) is 3.04. The zero-order chi connectivity index (χ0) is 18.4. The second-order valence-corrected chi connectivity index (χ2v) is 7.69. The number of nitrogens with zero attached hydrogens (tertiary/aromatic N) is 2. The topological polar surface area (TPSA) is 49.9 Å². The second-order valence-electron chi connectivity index (χ2n) is 6.50. The SMILES string of the molecule is COC(=O)CN(CC(=O)N1CCS[C@H]1c1ccc(F)cc1)CC(C)C. The molecule has 1 aromatic rings.